The second kappa shape index (κ2) is 5.24. The first-order valence-corrected chi connectivity index (χ1v) is 6.12. The van der Waals surface area contributed by atoms with Crippen molar-refractivity contribution in [2.24, 2.45) is 0 Å². The fourth-order valence-corrected chi connectivity index (χ4v) is 2.72. The first-order valence-electron chi connectivity index (χ1n) is 5.04. The van der Waals surface area contributed by atoms with E-state index in [1.807, 2.05) is 0 Å². The second-order valence-corrected chi connectivity index (χ2v) is 4.88. The molecule has 18 heavy (non-hydrogen) atoms. The fourth-order valence-electron chi connectivity index (χ4n) is 1.55. The van der Waals surface area contributed by atoms with Crippen LogP contribution in [0.5, 0.6) is 0 Å². The zero-order chi connectivity index (χ0) is 14.1. The van der Waals surface area contributed by atoms with Crippen LogP contribution >= 0.6 is 22.6 Å². The number of alkyl halides is 3. The predicted molar refractivity (Wildman–Crippen MR) is 64.0 cm³/mol. The third-order valence-corrected chi connectivity index (χ3v) is 3.58. The van der Waals surface area contributed by atoms with Gasteiger partial charge in [0.1, 0.15) is 6.10 Å². The zero-order valence-electron chi connectivity index (χ0n) is 9.93. The van der Waals surface area contributed by atoms with E-state index in [-0.39, 0.29) is 10.2 Å². The topological polar surface area (TPSA) is 44.8 Å². The number of esters is 1. The van der Waals surface area contributed by atoms with E-state index in [0.717, 1.165) is 14.0 Å². The molecule has 1 aliphatic rings. The van der Waals surface area contributed by atoms with E-state index in [9.17, 15) is 18.0 Å². The van der Waals surface area contributed by atoms with Gasteiger partial charge in [-0.2, -0.15) is 13.2 Å². The molecule has 104 valence electrons. The Kier molecular flexibility index (Phi) is 4.52. The number of rotatable bonds is 3. The van der Waals surface area contributed by atoms with Gasteiger partial charge in [0.25, 0.3) is 0 Å². The summed E-state index contributed by atoms with van der Waals surface area (Å²) in [5, 5.41) is 0. The van der Waals surface area contributed by atoms with Crippen LogP contribution in [0.4, 0.5) is 13.2 Å². The molecule has 2 atom stereocenters. The molecule has 8 heteroatoms. The number of methoxy groups -OCH3 is 1. The highest BCUT2D eigenvalue weighted by molar-refractivity contribution is 14.1. The van der Waals surface area contributed by atoms with Crippen LogP contribution in [0.1, 0.15) is 13.8 Å². The van der Waals surface area contributed by atoms with Crippen LogP contribution in [-0.4, -0.2) is 37.6 Å². The van der Waals surface area contributed by atoms with E-state index in [1.165, 1.54) is 0 Å². The number of halogens is 4. The van der Waals surface area contributed by atoms with E-state index in [2.05, 4.69) is 4.74 Å². The largest absolute Gasteiger partial charge is 0.467 e. The Morgan fingerprint density at radius 2 is 2.11 bits per heavy atom. The lowest BCUT2D eigenvalue weighted by Gasteiger charge is -2.32. The van der Waals surface area contributed by atoms with Crippen LogP contribution in [0.3, 0.4) is 0 Å². The van der Waals surface area contributed by atoms with Crippen molar-refractivity contribution < 1.29 is 32.2 Å². The SMILES string of the molecule is CCOC(=O)C1=C(I)[C@H](OC)[C@](C)(C(F)(F)F)O1. The average Bonchev–Trinajstić information content (AvgIpc) is 2.51. The van der Waals surface area contributed by atoms with Crippen molar-refractivity contribution >= 4 is 28.6 Å². The van der Waals surface area contributed by atoms with Crippen molar-refractivity contribution in [3.8, 4) is 0 Å². The normalized spacial score (nSPS) is 28.3. The van der Waals surface area contributed by atoms with Crippen LogP contribution in [0.15, 0.2) is 9.34 Å². The maximum Gasteiger partial charge on any atom is 0.430 e. The van der Waals surface area contributed by atoms with Gasteiger partial charge in [-0.25, -0.2) is 4.79 Å². The van der Waals surface area contributed by atoms with Gasteiger partial charge in [-0.05, 0) is 36.4 Å². The zero-order valence-corrected chi connectivity index (χ0v) is 12.1. The predicted octanol–water partition coefficient (Wildman–Crippen LogP) is 2.56. The number of carbonyl (C=O) groups is 1. The van der Waals surface area contributed by atoms with Crippen molar-refractivity contribution in [2.45, 2.75) is 31.7 Å². The first-order chi connectivity index (χ1) is 8.19. The van der Waals surface area contributed by atoms with E-state index in [4.69, 9.17) is 9.47 Å². The van der Waals surface area contributed by atoms with Crippen molar-refractivity contribution in [3.63, 3.8) is 0 Å². The number of hydrogen-bond donors (Lipinski definition) is 0. The van der Waals surface area contributed by atoms with Gasteiger partial charge >= 0.3 is 12.1 Å². The average molecular weight is 380 g/mol. The van der Waals surface area contributed by atoms with Gasteiger partial charge in [-0.15, -0.1) is 0 Å². The molecule has 0 fully saturated rings. The minimum Gasteiger partial charge on any atom is -0.467 e. The van der Waals surface area contributed by atoms with Crippen LogP contribution in [0.25, 0.3) is 0 Å². The molecule has 0 bridgehead atoms. The van der Waals surface area contributed by atoms with Gasteiger partial charge in [-0.3, -0.25) is 0 Å². The lowest BCUT2D eigenvalue weighted by Crippen LogP contribution is -2.51. The summed E-state index contributed by atoms with van der Waals surface area (Å²) in [6, 6.07) is 0. The first kappa shape index (κ1) is 15.5. The van der Waals surface area contributed by atoms with Crippen LogP contribution < -0.4 is 0 Å². The third kappa shape index (κ3) is 2.44. The van der Waals surface area contributed by atoms with E-state index in [0.29, 0.717) is 0 Å². The molecule has 0 spiro atoms. The Morgan fingerprint density at radius 1 is 1.56 bits per heavy atom. The molecule has 0 aromatic rings. The molecule has 1 rings (SSSR count). The molecule has 0 saturated heterocycles. The molecule has 0 N–H and O–H groups in total. The third-order valence-electron chi connectivity index (χ3n) is 2.52. The fraction of sp³-hybridized carbons (Fsp3) is 0.700. The summed E-state index contributed by atoms with van der Waals surface area (Å²) in [7, 11) is 1.13. The van der Waals surface area contributed by atoms with Crippen LogP contribution in [0.2, 0.25) is 0 Å². The summed E-state index contributed by atoms with van der Waals surface area (Å²) >= 11 is 1.60. The molecule has 1 aliphatic heterocycles. The van der Waals surface area contributed by atoms with E-state index >= 15 is 0 Å². The van der Waals surface area contributed by atoms with Gasteiger partial charge in [0.05, 0.1) is 10.2 Å². The Morgan fingerprint density at radius 3 is 2.44 bits per heavy atom. The standard InChI is InChI=1S/C10H12F3IO4/c1-4-17-8(15)6-5(14)7(16-3)9(2,18-6)10(11,12)13/h7H,4H2,1-3H3/t7-,9+/m0/s1. The van der Waals surface area contributed by atoms with Crippen molar-refractivity contribution in [3.05, 3.63) is 9.34 Å². The molecule has 0 unspecified atom stereocenters. The summed E-state index contributed by atoms with van der Waals surface area (Å²) in [4.78, 5) is 11.5. The summed E-state index contributed by atoms with van der Waals surface area (Å²) in [6.45, 7) is 2.44. The van der Waals surface area contributed by atoms with Crippen molar-refractivity contribution in [2.75, 3.05) is 13.7 Å². The molecule has 0 amide bonds. The van der Waals surface area contributed by atoms with Crippen molar-refractivity contribution in [1.82, 2.24) is 0 Å². The maximum atomic E-state index is 13.0. The Labute approximate surface area is 116 Å². The lowest BCUT2D eigenvalue weighted by atomic mass is 10.00. The maximum absolute atomic E-state index is 13.0. The van der Waals surface area contributed by atoms with E-state index in [1.54, 1.807) is 29.5 Å². The van der Waals surface area contributed by atoms with Gasteiger partial charge < -0.3 is 14.2 Å². The summed E-state index contributed by atoms with van der Waals surface area (Å²) in [5.41, 5.74) is -2.58. The van der Waals surface area contributed by atoms with Gasteiger partial charge in [0.15, 0.2) is 0 Å². The monoisotopic (exact) mass is 380 g/mol. The van der Waals surface area contributed by atoms with E-state index < -0.39 is 29.6 Å². The molecular weight excluding hydrogens is 368 g/mol. The summed E-state index contributed by atoms with van der Waals surface area (Å²) < 4.78 is 53.3. The van der Waals surface area contributed by atoms with Crippen LogP contribution in [0, 0.1) is 0 Å². The van der Waals surface area contributed by atoms with Crippen LogP contribution in [-0.2, 0) is 19.0 Å². The van der Waals surface area contributed by atoms with Crippen molar-refractivity contribution in [1.29, 1.82) is 0 Å². The molecule has 4 nitrogen and oxygen atoms in total. The number of hydrogen-bond acceptors (Lipinski definition) is 4. The highest BCUT2D eigenvalue weighted by Crippen LogP contribution is 2.48. The smallest absolute Gasteiger partial charge is 0.430 e. The quantitative estimate of drug-likeness (QED) is 0.558. The Bertz CT molecular complexity index is 380. The highest BCUT2D eigenvalue weighted by atomic mass is 127. The number of carbonyl (C=O) groups excluding carboxylic acids is 1. The molecule has 0 aliphatic carbocycles. The summed E-state index contributed by atoms with van der Waals surface area (Å²) in [6.07, 6.45) is -6.05. The molecule has 0 saturated carbocycles. The minimum atomic E-state index is -4.67. The summed E-state index contributed by atoms with van der Waals surface area (Å²) in [5.74, 6) is -1.36. The molecule has 0 aromatic heterocycles. The molecule has 0 radical (unpaired) electrons. The second-order valence-electron chi connectivity index (χ2n) is 3.72. The molecule has 1 heterocycles. The lowest BCUT2D eigenvalue weighted by molar-refractivity contribution is -0.275. The molecular formula is C10H12F3IO4. The van der Waals surface area contributed by atoms with Gasteiger partial charge in [0, 0.05) is 7.11 Å². The molecule has 0 aromatic carbocycles. The highest BCUT2D eigenvalue weighted by Gasteiger charge is 2.64. The Balaban J connectivity index is 3.12. The Hall–Kier alpha value is -0.510. The van der Waals surface area contributed by atoms with Gasteiger partial charge in [0.2, 0.25) is 11.4 Å². The number of ether oxygens (including phenoxy) is 3. The van der Waals surface area contributed by atoms with Gasteiger partial charge in [-0.1, -0.05) is 0 Å². The minimum absolute atomic E-state index is 0.0494.